The highest BCUT2D eigenvalue weighted by atomic mass is 16.5. The summed E-state index contributed by atoms with van der Waals surface area (Å²) in [5.41, 5.74) is 3.35. The molecule has 4 nitrogen and oxygen atoms in total. The third-order valence-electron chi connectivity index (χ3n) is 2.74. The first-order chi connectivity index (χ1) is 8.78. The van der Waals surface area contributed by atoms with Gasteiger partial charge in [0, 0.05) is 6.20 Å². The predicted molar refractivity (Wildman–Crippen MR) is 68.5 cm³/mol. The second-order valence-electron chi connectivity index (χ2n) is 4.04. The van der Waals surface area contributed by atoms with E-state index in [0.717, 1.165) is 16.7 Å². The van der Waals surface area contributed by atoms with Crippen molar-refractivity contribution in [1.82, 2.24) is 9.97 Å². The zero-order valence-electron chi connectivity index (χ0n) is 10.2. The van der Waals surface area contributed by atoms with Crippen molar-refractivity contribution in [3.05, 3.63) is 42.1 Å². The van der Waals surface area contributed by atoms with Gasteiger partial charge in [-0.1, -0.05) is 6.07 Å². The van der Waals surface area contributed by atoms with Crippen LogP contribution >= 0.6 is 0 Å². The van der Waals surface area contributed by atoms with E-state index in [-0.39, 0.29) is 0 Å². The molecule has 1 aromatic carbocycles. The maximum absolute atomic E-state index is 5.70. The molecule has 0 N–H and O–H groups in total. The van der Waals surface area contributed by atoms with Crippen LogP contribution in [0.25, 0.3) is 22.7 Å². The average Bonchev–Trinajstić information content (AvgIpc) is 2.81. The fourth-order valence-electron chi connectivity index (χ4n) is 1.85. The summed E-state index contributed by atoms with van der Waals surface area (Å²) < 4.78 is 11.0. The van der Waals surface area contributed by atoms with Gasteiger partial charge in [0.2, 0.25) is 5.89 Å². The van der Waals surface area contributed by atoms with Gasteiger partial charge in [-0.2, -0.15) is 0 Å². The molecule has 0 fully saturated rings. The fourth-order valence-corrected chi connectivity index (χ4v) is 1.85. The van der Waals surface area contributed by atoms with Crippen LogP contribution in [-0.4, -0.2) is 17.1 Å². The van der Waals surface area contributed by atoms with Gasteiger partial charge in [0.05, 0.1) is 7.11 Å². The molecule has 0 radical (unpaired) electrons. The molecule has 18 heavy (non-hydrogen) atoms. The molecule has 0 unspecified atom stereocenters. The molecule has 0 aliphatic rings. The first-order valence-electron chi connectivity index (χ1n) is 5.64. The highest BCUT2D eigenvalue weighted by molar-refractivity contribution is 5.77. The Hall–Kier alpha value is -2.36. The summed E-state index contributed by atoms with van der Waals surface area (Å²) in [5.74, 6) is 1.13. The molecule has 0 saturated carbocycles. The van der Waals surface area contributed by atoms with Crippen LogP contribution in [0.15, 0.2) is 40.9 Å². The SMILES string of the molecule is COc1cccnc1-c1nc2cc(C)ccc2o1. The van der Waals surface area contributed by atoms with Gasteiger partial charge in [-0.25, -0.2) is 9.97 Å². The predicted octanol–water partition coefficient (Wildman–Crippen LogP) is 3.21. The number of hydrogen-bond acceptors (Lipinski definition) is 4. The van der Waals surface area contributed by atoms with Crippen molar-refractivity contribution in [2.45, 2.75) is 6.92 Å². The Labute approximate surface area is 104 Å². The molecule has 0 aliphatic carbocycles. The molecule has 90 valence electrons. The van der Waals surface area contributed by atoms with Crippen LogP contribution in [-0.2, 0) is 0 Å². The molecule has 0 aliphatic heterocycles. The number of methoxy groups -OCH3 is 1. The van der Waals surface area contributed by atoms with Gasteiger partial charge in [0.25, 0.3) is 0 Å². The van der Waals surface area contributed by atoms with Gasteiger partial charge >= 0.3 is 0 Å². The molecule has 3 rings (SSSR count). The van der Waals surface area contributed by atoms with E-state index in [1.54, 1.807) is 13.3 Å². The van der Waals surface area contributed by atoms with E-state index in [0.29, 0.717) is 17.3 Å². The number of pyridine rings is 1. The molecule has 2 aromatic heterocycles. The van der Waals surface area contributed by atoms with Crippen molar-refractivity contribution in [2.75, 3.05) is 7.11 Å². The van der Waals surface area contributed by atoms with Crippen LogP contribution in [0.3, 0.4) is 0 Å². The molecule has 2 heterocycles. The van der Waals surface area contributed by atoms with Gasteiger partial charge in [0.15, 0.2) is 11.3 Å². The van der Waals surface area contributed by atoms with E-state index in [1.807, 2.05) is 37.3 Å². The first-order valence-corrected chi connectivity index (χ1v) is 5.64. The second-order valence-corrected chi connectivity index (χ2v) is 4.04. The summed E-state index contributed by atoms with van der Waals surface area (Å²) in [6.07, 6.45) is 1.69. The van der Waals surface area contributed by atoms with Gasteiger partial charge in [-0.3, -0.25) is 0 Å². The van der Waals surface area contributed by atoms with Gasteiger partial charge in [-0.05, 0) is 36.8 Å². The number of benzene rings is 1. The first kappa shape index (κ1) is 10.8. The minimum absolute atomic E-state index is 0.480. The van der Waals surface area contributed by atoms with Crippen LogP contribution in [0.1, 0.15) is 5.56 Å². The van der Waals surface area contributed by atoms with Crippen molar-refractivity contribution in [1.29, 1.82) is 0 Å². The largest absolute Gasteiger partial charge is 0.494 e. The third kappa shape index (κ3) is 1.72. The smallest absolute Gasteiger partial charge is 0.250 e. The average molecular weight is 240 g/mol. The monoisotopic (exact) mass is 240 g/mol. The number of rotatable bonds is 2. The second kappa shape index (κ2) is 4.14. The Morgan fingerprint density at radius 2 is 2.11 bits per heavy atom. The molecular formula is C14H12N2O2. The van der Waals surface area contributed by atoms with Crippen molar-refractivity contribution < 1.29 is 9.15 Å². The molecule has 0 amide bonds. The van der Waals surface area contributed by atoms with Crippen molar-refractivity contribution in [2.24, 2.45) is 0 Å². The van der Waals surface area contributed by atoms with Crippen LogP contribution in [0.4, 0.5) is 0 Å². The summed E-state index contributed by atoms with van der Waals surface area (Å²) in [6.45, 7) is 2.02. The molecule has 0 saturated heterocycles. The Morgan fingerprint density at radius 3 is 2.94 bits per heavy atom. The Morgan fingerprint density at radius 1 is 1.22 bits per heavy atom. The minimum atomic E-state index is 0.480. The zero-order valence-corrected chi connectivity index (χ0v) is 10.2. The molecular weight excluding hydrogens is 228 g/mol. The van der Waals surface area contributed by atoms with Gasteiger partial charge < -0.3 is 9.15 Å². The van der Waals surface area contributed by atoms with Gasteiger partial charge in [-0.15, -0.1) is 0 Å². The van der Waals surface area contributed by atoms with Crippen LogP contribution in [0, 0.1) is 6.92 Å². The summed E-state index contributed by atoms with van der Waals surface area (Å²) in [7, 11) is 1.60. The highest BCUT2D eigenvalue weighted by Gasteiger charge is 2.13. The number of fused-ring (bicyclic) bond motifs is 1. The minimum Gasteiger partial charge on any atom is -0.494 e. The van der Waals surface area contributed by atoms with E-state index in [9.17, 15) is 0 Å². The number of hydrogen-bond donors (Lipinski definition) is 0. The molecule has 0 atom stereocenters. The van der Waals surface area contributed by atoms with E-state index >= 15 is 0 Å². The Bertz CT molecular complexity index is 704. The van der Waals surface area contributed by atoms with Crippen molar-refractivity contribution in [3.63, 3.8) is 0 Å². The Kier molecular flexibility index (Phi) is 2.48. The molecule has 0 bridgehead atoms. The number of ether oxygens (including phenoxy) is 1. The lowest BCUT2D eigenvalue weighted by atomic mass is 10.2. The van der Waals surface area contributed by atoms with E-state index in [2.05, 4.69) is 9.97 Å². The molecule has 4 heteroatoms. The van der Waals surface area contributed by atoms with Crippen LogP contribution in [0.2, 0.25) is 0 Å². The Balaban J connectivity index is 2.19. The number of oxazole rings is 1. The quantitative estimate of drug-likeness (QED) is 0.690. The molecule has 0 spiro atoms. The lowest BCUT2D eigenvalue weighted by molar-refractivity contribution is 0.413. The maximum Gasteiger partial charge on any atom is 0.250 e. The molecule has 3 aromatic rings. The topological polar surface area (TPSA) is 48.2 Å². The lowest BCUT2D eigenvalue weighted by Crippen LogP contribution is -1.90. The lowest BCUT2D eigenvalue weighted by Gasteiger charge is -2.02. The van der Waals surface area contributed by atoms with E-state index < -0.39 is 0 Å². The van der Waals surface area contributed by atoms with Crippen molar-refractivity contribution in [3.8, 4) is 17.3 Å². The normalized spacial score (nSPS) is 10.8. The van der Waals surface area contributed by atoms with E-state index in [1.165, 1.54) is 0 Å². The van der Waals surface area contributed by atoms with Crippen LogP contribution < -0.4 is 4.74 Å². The summed E-state index contributed by atoms with van der Waals surface area (Å²) in [4.78, 5) is 8.70. The van der Waals surface area contributed by atoms with E-state index in [4.69, 9.17) is 9.15 Å². The number of aromatic nitrogens is 2. The number of aryl methyl sites for hydroxylation is 1. The summed E-state index contributed by atoms with van der Waals surface area (Å²) in [6, 6.07) is 9.54. The fraction of sp³-hybridized carbons (Fsp3) is 0.143. The summed E-state index contributed by atoms with van der Waals surface area (Å²) >= 11 is 0. The standard InChI is InChI=1S/C14H12N2O2/c1-9-5-6-11-10(8-9)16-14(18-11)13-12(17-2)4-3-7-15-13/h3-8H,1-2H3. The zero-order chi connectivity index (χ0) is 12.5. The van der Waals surface area contributed by atoms with Crippen LogP contribution in [0.5, 0.6) is 5.75 Å². The number of nitrogens with zero attached hydrogens (tertiary/aromatic N) is 2. The third-order valence-corrected chi connectivity index (χ3v) is 2.74. The maximum atomic E-state index is 5.70. The van der Waals surface area contributed by atoms with Gasteiger partial charge in [0.1, 0.15) is 11.3 Å². The van der Waals surface area contributed by atoms with Crippen molar-refractivity contribution >= 4 is 11.1 Å². The summed E-state index contributed by atoms with van der Waals surface area (Å²) in [5, 5.41) is 0. The highest BCUT2D eigenvalue weighted by Crippen LogP contribution is 2.29.